The van der Waals surface area contributed by atoms with E-state index in [9.17, 15) is 0 Å². The highest BCUT2D eigenvalue weighted by atomic mass is 127. The molecule has 1 heterocycles. The zero-order chi connectivity index (χ0) is 20.3. The van der Waals surface area contributed by atoms with Crippen molar-refractivity contribution in [2.75, 3.05) is 27.3 Å². The first-order valence-electron chi connectivity index (χ1n) is 9.54. The third-order valence-electron chi connectivity index (χ3n) is 4.38. The van der Waals surface area contributed by atoms with Gasteiger partial charge >= 0.3 is 0 Å². The quantitative estimate of drug-likeness (QED) is 0.196. The van der Waals surface area contributed by atoms with Crippen LogP contribution in [-0.2, 0) is 13.1 Å². The zero-order valence-corrected chi connectivity index (χ0v) is 19.6. The molecule has 0 amide bonds. The maximum absolute atomic E-state index is 5.75. The number of aromatic nitrogens is 2. The third kappa shape index (κ3) is 7.25. The normalized spacial score (nSPS) is 10.8. The second-order valence-electron chi connectivity index (χ2n) is 6.35. The highest BCUT2D eigenvalue weighted by molar-refractivity contribution is 14.0. The van der Waals surface area contributed by atoms with Crippen LogP contribution < -0.4 is 20.1 Å². The van der Waals surface area contributed by atoms with Crippen molar-refractivity contribution in [1.82, 2.24) is 20.4 Å². The molecule has 3 aromatic rings. The van der Waals surface area contributed by atoms with Crippen LogP contribution in [0.5, 0.6) is 11.5 Å². The number of nitrogens with zero attached hydrogens (tertiary/aromatic N) is 3. The lowest BCUT2D eigenvalue weighted by Crippen LogP contribution is -2.39. The number of halogens is 1. The molecule has 0 bridgehead atoms. The molecule has 0 unspecified atom stereocenters. The van der Waals surface area contributed by atoms with E-state index in [-0.39, 0.29) is 24.0 Å². The van der Waals surface area contributed by atoms with Crippen molar-refractivity contribution >= 4 is 29.9 Å². The molecular weight excluding hydrogens is 493 g/mol. The molecule has 0 saturated carbocycles. The molecule has 2 aromatic carbocycles. The number of rotatable bonds is 9. The van der Waals surface area contributed by atoms with Gasteiger partial charge in [0.1, 0.15) is 18.1 Å². The highest BCUT2D eigenvalue weighted by Crippen LogP contribution is 2.18. The lowest BCUT2D eigenvalue weighted by molar-refractivity contribution is 0.319. The largest absolute Gasteiger partial charge is 0.497 e. The first-order valence-corrected chi connectivity index (χ1v) is 9.54. The maximum atomic E-state index is 5.75. The molecule has 0 saturated heterocycles. The zero-order valence-electron chi connectivity index (χ0n) is 17.2. The molecule has 0 atom stereocenters. The molecular formula is C22H28IN5O2. The summed E-state index contributed by atoms with van der Waals surface area (Å²) >= 11 is 0. The van der Waals surface area contributed by atoms with Crippen LogP contribution in [-0.4, -0.2) is 43.0 Å². The molecule has 0 aliphatic rings. The van der Waals surface area contributed by atoms with Crippen LogP contribution in [0.25, 0.3) is 0 Å². The predicted molar refractivity (Wildman–Crippen MR) is 130 cm³/mol. The van der Waals surface area contributed by atoms with Crippen LogP contribution in [0.3, 0.4) is 0 Å². The number of nitrogens with one attached hydrogen (secondary N) is 2. The number of aliphatic imine (C=N–C) groups is 1. The summed E-state index contributed by atoms with van der Waals surface area (Å²) < 4.78 is 12.9. The fourth-order valence-corrected chi connectivity index (χ4v) is 2.88. The number of ether oxygens (including phenoxy) is 2. The van der Waals surface area contributed by atoms with Gasteiger partial charge in [0.25, 0.3) is 0 Å². The van der Waals surface area contributed by atoms with Crippen LogP contribution >= 0.6 is 24.0 Å². The number of methoxy groups -OCH3 is 1. The molecule has 7 nitrogen and oxygen atoms in total. The van der Waals surface area contributed by atoms with Crippen LogP contribution in [0, 0.1) is 0 Å². The van der Waals surface area contributed by atoms with Gasteiger partial charge in [-0.15, -0.1) is 24.0 Å². The Hall–Kier alpha value is -2.75. The molecule has 1 aromatic heterocycles. The topological polar surface area (TPSA) is 72.7 Å². The van der Waals surface area contributed by atoms with E-state index in [2.05, 4.69) is 32.9 Å². The first kappa shape index (κ1) is 23.5. The summed E-state index contributed by atoms with van der Waals surface area (Å²) in [6.07, 6.45) is 3.76. The molecule has 0 radical (unpaired) electrons. The summed E-state index contributed by atoms with van der Waals surface area (Å²) in [6, 6.07) is 17.8. The van der Waals surface area contributed by atoms with Gasteiger partial charge in [0.15, 0.2) is 5.96 Å². The fourth-order valence-electron chi connectivity index (χ4n) is 2.88. The SMILES string of the molecule is CN=C(NCCOc1cccc(OC)c1)NCc1ccccc1Cn1cccn1.I. The number of hydrogen-bond acceptors (Lipinski definition) is 4. The Bertz CT molecular complexity index is 915. The summed E-state index contributed by atoms with van der Waals surface area (Å²) in [5.41, 5.74) is 2.43. The Labute approximate surface area is 194 Å². The monoisotopic (exact) mass is 521 g/mol. The van der Waals surface area contributed by atoms with Gasteiger partial charge in [0.2, 0.25) is 0 Å². The van der Waals surface area contributed by atoms with E-state index in [1.54, 1.807) is 20.4 Å². The van der Waals surface area contributed by atoms with Gasteiger partial charge < -0.3 is 20.1 Å². The Kier molecular flexibility index (Phi) is 9.99. The van der Waals surface area contributed by atoms with Gasteiger partial charge in [0.05, 0.1) is 20.2 Å². The van der Waals surface area contributed by atoms with E-state index in [1.807, 2.05) is 53.3 Å². The molecule has 2 N–H and O–H groups in total. The second-order valence-corrected chi connectivity index (χ2v) is 6.35. The number of benzene rings is 2. The van der Waals surface area contributed by atoms with Crippen molar-refractivity contribution in [2.24, 2.45) is 4.99 Å². The Morgan fingerprint density at radius 2 is 1.83 bits per heavy atom. The fraction of sp³-hybridized carbons (Fsp3) is 0.273. The van der Waals surface area contributed by atoms with Crippen LogP contribution in [0.1, 0.15) is 11.1 Å². The number of hydrogen-bond donors (Lipinski definition) is 2. The van der Waals surface area contributed by atoms with Gasteiger partial charge in [-0.2, -0.15) is 5.10 Å². The summed E-state index contributed by atoms with van der Waals surface area (Å²) in [5.74, 6) is 2.29. The predicted octanol–water partition coefficient (Wildman–Crippen LogP) is 3.30. The standard InChI is InChI=1S/C22H27N5O2.HI/c1-23-22(24-12-14-29-21-10-5-9-20(15-21)28-2)25-16-18-7-3-4-8-19(18)17-27-13-6-11-26-27;/h3-11,13,15H,12,14,16-17H2,1-2H3,(H2,23,24,25);1H. The van der Waals surface area contributed by atoms with E-state index >= 15 is 0 Å². The van der Waals surface area contributed by atoms with Crippen molar-refractivity contribution in [1.29, 1.82) is 0 Å². The molecule has 0 fully saturated rings. The van der Waals surface area contributed by atoms with Gasteiger partial charge in [-0.05, 0) is 29.3 Å². The Balaban J connectivity index is 0.00000320. The van der Waals surface area contributed by atoms with E-state index < -0.39 is 0 Å². The number of guanidine groups is 1. The van der Waals surface area contributed by atoms with E-state index in [1.165, 1.54) is 11.1 Å². The third-order valence-corrected chi connectivity index (χ3v) is 4.38. The van der Waals surface area contributed by atoms with Gasteiger partial charge in [-0.3, -0.25) is 9.67 Å². The Morgan fingerprint density at radius 1 is 1.03 bits per heavy atom. The first-order chi connectivity index (χ1) is 14.3. The lowest BCUT2D eigenvalue weighted by Gasteiger charge is -2.15. The summed E-state index contributed by atoms with van der Waals surface area (Å²) in [5, 5.41) is 10.9. The maximum Gasteiger partial charge on any atom is 0.191 e. The summed E-state index contributed by atoms with van der Waals surface area (Å²) in [7, 11) is 3.40. The Morgan fingerprint density at radius 3 is 2.57 bits per heavy atom. The molecule has 0 spiro atoms. The second kappa shape index (κ2) is 12.7. The van der Waals surface area contributed by atoms with E-state index in [4.69, 9.17) is 9.47 Å². The summed E-state index contributed by atoms with van der Waals surface area (Å²) in [6.45, 7) is 2.56. The highest BCUT2D eigenvalue weighted by Gasteiger charge is 2.05. The minimum absolute atomic E-state index is 0. The molecule has 0 aliphatic heterocycles. The molecule has 30 heavy (non-hydrogen) atoms. The average Bonchev–Trinajstić information content (AvgIpc) is 3.27. The van der Waals surface area contributed by atoms with E-state index in [0.717, 1.165) is 24.0 Å². The molecule has 3 rings (SSSR count). The van der Waals surface area contributed by atoms with Gasteiger partial charge in [-0.1, -0.05) is 30.3 Å². The lowest BCUT2D eigenvalue weighted by atomic mass is 10.1. The van der Waals surface area contributed by atoms with Crippen molar-refractivity contribution < 1.29 is 9.47 Å². The van der Waals surface area contributed by atoms with Crippen LogP contribution in [0.4, 0.5) is 0 Å². The smallest absolute Gasteiger partial charge is 0.191 e. The molecule has 8 heteroatoms. The summed E-state index contributed by atoms with van der Waals surface area (Å²) in [4.78, 5) is 4.28. The molecule has 0 aliphatic carbocycles. The van der Waals surface area contributed by atoms with Gasteiger partial charge in [0, 0.05) is 32.1 Å². The molecule has 160 valence electrons. The minimum atomic E-state index is 0. The van der Waals surface area contributed by atoms with Crippen molar-refractivity contribution in [3.05, 3.63) is 78.1 Å². The van der Waals surface area contributed by atoms with Gasteiger partial charge in [-0.25, -0.2) is 0 Å². The average molecular weight is 521 g/mol. The minimum Gasteiger partial charge on any atom is -0.497 e. The van der Waals surface area contributed by atoms with Crippen molar-refractivity contribution in [3.63, 3.8) is 0 Å². The van der Waals surface area contributed by atoms with Crippen LogP contribution in [0.2, 0.25) is 0 Å². The van der Waals surface area contributed by atoms with Crippen LogP contribution in [0.15, 0.2) is 72.0 Å². The van der Waals surface area contributed by atoms with Crippen molar-refractivity contribution in [3.8, 4) is 11.5 Å². The van der Waals surface area contributed by atoms with Crippen molar-refractivity contribution in [2.45, 2.75) is 13.1 Å². The van der Waals surface area contributed by atoms with E-state index in [0.29, 0.717) is 19.7 Å².